The van der Waals surface area contributed by atoms with Gasteiger partial charge in [0.15, 0.2) is 5.69 Å². The molecular weight excluding hydrogens is 256 g/mol. The molecule has 0 spiro atoms. The van der Waals surface area contributed by atoms with Gasteiger partial charge in [-0.25, -0.2) is 9.78 Å². The summed E-state index contributed by atoms with van der Waals surface area (Å²) in [6.45, 7) is 2.38. The predicted molar refractivity (Wildman–Crippen MR) is 74.6 cm³/mol. The fraction of sp³-hybridized carbons (Fsp3) is 0.133. The lowest BCUT2D eigenvalue weighted by atomic mass is 10.0. The first-order valence-corrected chi connectivity index (χ1v) is 6.20. The van der Waals surface area contributed by atoms with Crippen molar-refractivity contribution in [1.82, 2.24) is 10.3 Å². The summed E-state index contributed by atoms with van der Waals surface area (Å²) in [5.74, 6) is -1.28. The SMILES string of the molecule is CCNC(=O)c1cccc(-c2cccnc2C(=O)O)c1. The van der Waals surface area contributed by atoms with Crippen molar-refractivity contribution in [3.05, 3.63) is 53.9 Å². The number of carbonyl (C=O) groups is 2. The summed E-state index contributed by atoms with van der Waals surface area (Å²) < 4.78 is 0. The molecule has 0 aliphatic carbocycles. The topological polar surface area (TPSA) is 79.3 Å². The van der Waals surface area contributed by atoms with E-state index in [1.807, 2.05) is 6.92 Å². The van der Waals surface area contributed by atoms with Crippen molar-refractivity contribution in [3.8, 4) is 11.1 Å². The van der Waals surface area contributed by atoms with E-state index in [2.05, 4.69) is 10.3 Å². The van der Waals surface area contributed by atoms with Crippen LogP contribution in [0.5, 0.6) is 0 Å². The normalized spacial score (nSPS) is 10.1. The molecule has 102 valence electrons. The summed E-state index contributed by atoms with van der Waals surface area (Å²) in [7, 11) is 0. The van der Waals surface area contributed by atoms with Crippen LogP contribution in [0.25, 0.3) is 11.1 Å². The number of aromatic carboxylic acids is 1. The maximum Gasteiger partial charge on any atom is 0.355 e. The predicted octanol–water partition coefficient (Wildman–Crippen LogP) is 2.20. The Balaban J connectivity index is 2.46. The molecule has 1 heterocycles. The van der Waals surface area contributed by atoms with E-state index < -0.39 is 5.97 Å². The first-order valence-electron chi connectivity index (χ1n) is 6.20. The van der Waals surface area contributed by atoms with Gasteiger partial charge in [0.1, 0.15) is 0 Å². The Kier molecular flexibility index (Phi) is 4.10. The van der Waals surface area contributed by atoms with Gasteiger partial charge in [0, 0.05) is 23.9 Å². The second-order valence-electron chi connectivity index (χ2n) is 4.14. The summed E-state index contributed by atoms with van der Waals surface area (Å²) in [5.41, 5.74) is 1.61. The second-order valence-corrected chi connectivity index (χ2v) is 4.14. The van der Waals surface area contributed by atoms with Crippen LogP contribution in [0.4, 0.5) is 0 Å². The Morgan fingerprint density at radius 3 is 2.75 bits per heavy atom. The minimum Gasteiger partial charge on any atom is -0.476 e. The largest absolute Gasteiger partial charge is 0.476 e. The third-order valence-corrected chi connectivity index (χ3v) is 2.78. The molecule has 2 aromatic rings. The van der Waals surface area contributed by atoms with E-state index >= 15 is 0 Å². The highest BCUT2D eigenvalue weighted by Gasteiger charge is 2.13. The number of aromatic nitrogens is 1. The number of benzene rings is 1. The number of nitrogens with one attached hydrogen (secondary N) is 1. The first-order chi connectivity index (χ1) is 9.63. The highest BCUT2D eigenvalue weighted by Crippen LogP contribution is 2.23. The van der Waals surface area contributed by atoms with Crippen LogP contribution in [0.3, 0.4) is 0 Å². The van der Waals surface area contributed by atoms with Gasteiger partial charge >= 0.3 is 5.97 Å². The zero-order chi connectivity index (χ0) is 14.5. The van der Waals surface area contributed by atoms with E-state index in [0.29, 0.717) is 23.2 Å². The van der Waals surface area contributed by atoms with Gasteiger partial charge in [-0.15, -0.1) is 0 Å². The standard InChI is InChI=1S/C15H14N2O3/c1-2-16-14(18)11-6-3-5-10(9-11)12-7-4-8-17-13(12)15(19)20/h3-9H,2H2,1H3,(H,16,18)(H,19,20). The first kappa shape index (κ1) is 13.7. The highest BCUT2D eigenvalue weighted by atomic mass is 16.4. The molecule has 0 saturated heterocycles. The number of pyridine rings is 1. The Morgan fingerprint density at radius 1 is 1.25 bits per heavy atom. The van der Waals surface area contributed by atoms with Crippen molar-refractivity contribution >= 4 is 11.9 Å². The van der Waals surface area contributed by atoms with Crippen LogP contribution in [0.1, 0.15) is 27.8 Å². The number of hydrogen-bond donors (Lipinski definition) is 2. The quantitative estimate of drug-likeness (QED) is 0.892. The summed E-state index contributed by atoms with van der Waals surface area (Å²) >= 11 is 0. The van der Waals surface area contributed by atoms with Crippen molar-refractivity contribution in [1.29, 1.82) is 0 Å². The van der Waals surface area contributed by atoms with Gasteiger partial charge in [0.2, 0.25) is 0 Å². The molecular formula is C15H14N2O3. The molecule has 0 aliphatic heterocycles. The monoisotopic (exact) mass is 270 g/mol. The van der Waals surface area contributed by atoms with Gasteiger partial charge in [-0.1, -0.05) is 18.2 Å². The Hall–Kier alpha value is -2.69. The number of hydrogen-bond acceptors (Lipinski definition) is 3. The molecule has 2 rings (SSSR count). The third-order valence-electron chi connectivity index (χ3n) is 2.78. The van der Waals surface area contributed by atoms with E-state index in [0.717, 1.165) is 0 Å². The molecule has 0 fully saturated rings. The van der Waals surface area contributed by atoms with Gasteiger partial charge in [-0.05, 0) is 30.7 Å². The maximum atomic E-state index is 11.8. The van der Waals surface area contributed by atoms with Crippen LogP contribution in [0.15, 0.2) is 42.6 Å². The van der Waals surface area contributed by atoms with E-state index in [1.54, 1.807) is 36.4 Å². The van der Waals surface area contributed by atoms with Gasteiger partial charge in [-0.3, -0.25) is 4.79 Å². The van der Waals surface area contributed by atoms with E-state index in [9.17, 15) is 9.59 Å². The zero-order valence-corrected chi connectivity index (χ0v) is 11.0. The van der Waals surface area contributed by atoms with Crippen LogP contribution in [0.2, 0.25) is 0 Å². The zero-order valence-electron chi connectivity index (χ0n) is 11.0. The summed E-state index contributed by atoms with van der Waals surface area (Å²) in [6, 6.07) is 10.2. The lowest BCUT2D eigenvalue weighted by Gasteiger charge is -2.07. The summed E-state index contributed by atoms with van der Waals surface area (Å²) in [6.07, 6.45) is 1.43. The minimum absolute atomic E-state index is 0.0273. The average Bonchev–Trinajstić information content (AvgIpc) is 2.47. The van der Waals surface area contributed by atoms with E-state index in [4.69, 9.17) is 5.11 Å². The second kappa shape index (κ2) is 5.97. The van der Waals surface area contributed by atoms with E-state index in [-0.39, 0.29) is 11.6 Å². The lowest BCUT2D eigenvalue weighted by molar-refractivity contribution is 0.0691. The van der Waals surface area contributed by atoms with Gasteiger partial charge in [0.05, 0.1) is 0 Å². The molecule has 0 aliphatic rings. The Labute approximate surface area is 116 Å². The third kappa shape index (κ3) is 2.83. The number of carboxylic acid groups (broad SMARTS) is 1. The molecule has 0 radical (unpaired) electrons. The molecule has 5 heteroatoms. The number of carbonyl (C=O) groups excluding carboxylic acids is 1. The highest BCUT2D eigenvalue weighted by molar-refractivity contribution is 5.97. The molecule has 5 nitrogen and oxygen atoms in total. The molecule has 0 atom stereocenters. The number of carboxylic acids is 1. The maximum absolute atomic E-state index is 11.8. The molecule has 1 aromatic heterocycles. The summed E-state index contributed by atoms with van der Waals surface area (Å²) in [5, 5.41) is 11.9. The van der Waals surface area contributed by atoms with Crippen LogP contribution < -0.4 is 5.32 Å². The van der Waals surface area contributed by atoms with Crippen molar-refractivity contribution in [2.24, 2.45) is 0 Å². The molecule has 1 aromatic carbocycles. The number of rotatable bonds is 4. The van der Waals surface area contributed by atoms with Crippen molar-refractivity contribution < 1.29 is 14.7 Å². The fourth-order valence-electron chi connectivity index (χ4n) is 1.90. The number of amides is 1. The molecule has 1 amide bonds. The molecule has 0 saturated carbocycles. The van der Waals surface area contributed by atoms with Crippen molar-refractivity contribution in [3.63, 3.8) is 0 Å². The Bertz CT molecular complexity index is 653. The van der Waals surface area contributed by atoms with Crippen LogP contribution in [-0.2, 0) is 0 Å². The van der Waals surface area contributed by atoms with Crippen LogP contribution in [-0.4, -0.2) is 28.5 Å². The minimum atomic E-state index is -1.09. The molecule has 20 heavy (non-hydrogen) atoms. The smallest absolute Gasteiger partial charge is 0.355 e. The number of nitrogens with zero attached hydrogens (tertiary/aromatic N) is 1. The van der Waals surface area contributed by atoms with Gasteiger partial charge in [0.25, 0.3) is 5.91 Å². The molecule has 2 N–H and O–H groups in total. The molecule has 0 bridgehead atoms. The van der Waals surface area contributed by atoms with Crippen molar-refractivity contribution in [2.75, 3.05) is 6.54 Å². The lowest BCUT2D eigenvalue weighted by Crippen LogP contribution is -2.22. The average molecular weight is 270 g/mol. The summed E-state index contributed by atoms with van der Waals surface area (Å²) in [4.78, 5) is 26.8. The fourth-order valence-corrected chi connectivity index (χ4v) is 1.90. The van der Waals surface area contributed by atoms with Crippen molar-refractivity contribution in [2.45, 2.75) is 6.92 Å². The van der Waals surface area contributed by atoms with Gasteiger partial charge in [-0.2, -0.15) is 0 Å². The van der Waals surface area contributed by atoms with Crippen LogP contribution >= 0.6 is 0 Å². The Morgan fingerprint density at radius 2 is 2.05 bits per heavy atom. The molecule has 0 unspecified atom stereocenters. The van der Waals surface area contributed by atoms with Gasteiger partial charge < -0.3 is 10.4 Å². The van der Waals surface area contributed by atoms with E-state index in [1.165, 1.54) is 6.20 Å². The van der Waals surface area contributed by atoms with Crippen LogP contribution in [0, 0.1) is 0 Å².